The Hall–Kier alpha value is -1.76. The number of nitrogens with two attached hydrogens (primary N) is 1. The number of alkyl halides is 3. The highest BCUT2D eigenvalue weighted by Crippen LogP contribution is 2.34. The van der Waals surface area contributed by atoms with Crippen molar-refractivity contribution in [3.63, 3.8) is 0 Å². The highest BCUT2D eigenvalue weighted by atomic mass is 19.4. The summed E-state index contributed by atoms with van der Waals surface area (Å²) in [4.78, 5) is 10.8. The number of hydrogen-bond acceptors (Lipinski definition) is 3. The zero-order chi connectivity index (χ0) is 13.1. The van der Waals surface area contributed by atoms with E-state index in [1.54, 1.807) is 0 Å². The summed E-state index contributed by atoms with van der Waals surface area (Å²) in [6, 6.07) is 2.80. The zero-order valence-electron chi connectivity index (χ0n) is 8.62. The first-order valence-electron chi connectivity index (χ1n) is 4.61. The Balaban J connectivity index is 3.15. The summed E-state index contributed by atoms with van der Waals surface area (Å²) >= 11 is 0. The van der Waals surface area contributed by atoms with Crippen molar-refractivity contribution in [2.45, 2.75) is 6.18 Å². The minimum Gasteiger partial charge on any atom is -0.491 e. The minimum absolute atomic E-state index is 0.0867. The Morgan fingerprint density at radius 2 is 2.06 bits per heavy atom. The Morgan fingerprint density at radius 1 is 1.41 bits per heavy atom. The molecular weight excluding hydrogens is 239 g/mol. The van der Waals surface area contributed by atoms with E-state index < -0.39 is 23.2 Å². The molecule has 1 aromatic carbocycles. The number of halogens is 3. The summed E-state index contributed by atoms with van der Waals surface area (Å²) in [5.41, 5.74) is 3.07. The average molecular weight is 249 g/mol. The van der Waals surface area contributed by atoms with Crippen LogP contribution in [0, 0.1) is 0 Å². The molecule has 0 aliphatic rings. The predicted octanol–water partition coefficient (Wildman–Crippen LogP) is 1.18. The molecule has 1 rings (SSSR count). The Morgan fingerprint density at radius 3 is 2.53 bits per heavy atom. The van der Waals surface area contributed by atoms with Gasteiger partial charge in [-0.25, -0.2) is 0 Å². The van der Waals surface area contributed by atoms with Crippen LogP contribution in [0.3, 0.4) is 0 Å². The van der Waals surface area contributed by atoms with E-state index in [0.29, 0.717) is 6.07 Å². The second kappa shape index (κ2) is 5.05. The molecule has 0 bridgehead atoms. The third-order valence-electron chi connectivity index (χ3n) is 1.92. The van der Waals surface area contributed by atoms with Crippen LogP contribution in [0.1, 0.15) is 15.9 Å². The van der Waals surface area contributed by atoms with Crippen LogP contribution in [-0.2, 0) is 6.18 Å². The maximum atomic E-state index is 12.6. The number of hydrogen-bond donors (Lipinski definition) is 2. The number of benzene rings is 1. The molecule has 0 aliphatic heterocycles. The van der Waals surface area contributed by atoms with Crippen LogP contribution in [0.25, 0.3) is 0 Å². The molecule has 0 aromatic heterocycles. The number of carbonyl (C=O) groups is 1. The maximum absolute atomic E-state index is 12.6. The van der Waals surface area contributed by atoms with E-state index in [0.717, 1.165) is 6.07 Å². The van der Waals surface area contributed by atoms with Gasteiger partial charge >= 0.3 is 6.18 Å². The van der Waals surface area contributed by atoms with Gasteiger partial charge < -0.3 is 15.6 Å². The van der Waals surface area contributed by atoms with E-state index in [-0.39, 0.29) is 19.0 Å². The van der Waals surface area contributed by atoms with E-state index >= 15 is 0 Å². The molecule has 94 valence electrons. The number of ether oxygens (including phenoxy) is 1. The maximum Gasteiger partial charge on any atom is 0.417 e. The van der Waals surface area contributed by atoms with E-state index in [1.807, 2.05) is 0 Å². The van der Waals surface area contributed by atoms with Crippen LogP contribution in [0.4, 0.5) is 13.2 Å². The summed E-state index contributed by atoms with van der Waals surface area (Å²) in [6.45, 7) is -0.452. The van der Waals surface area contributed by atoms with Gasteiger partial charge in [0.1, 0.15) is 12.4 Å². The third-order valence-corrected chi connectivity index (χ3v) is 1.92. The van der Waals surface area contributed by atoms with Crippen molar-refractivity contribution in [1.82, 2.24) is 0 Å². The number of aliphatic hydroxyl groups excluding tert-OH is 1. The number of amides is 1. The van der Waals surface area contributed by atoms with Gasteiger partial charge in [0.05, 0.1) is 17.7 Å². The van der Waals surface area contributed by atoms with Crippen molar-refractivity contribution in [2.24, 2.45) is 5.73 Å². The summed E-state index contributed by atoms with van der Waals surface area (Å²) in [6.07, 6.45) is -4.69. The molecule has 17 heavy (non-hydrogen) atoms. The fourth-order valence-corrected chi connectivity index (χ4v) is 1.23. The summed E-state index contributed by atoms with van der Waals surface area (Å²) in [5, 5.41) is 8.48. The fraction of sp³-hybridized carbons (Fsp3) is 0.300. The molecule has 1 amide bonds. The summed E-state index contributed by atoms with van der Waals surface area (Å²) in [5.74, 6) is -1.25. The number of carbonyl (C=O) groups excluding carboxylic acids is 1. The van der Waals surface area contributed by atoms with Crippen LogP contribution in [-0.4, -0.2) is 24.2 Å². The lowest BCUT2D eigenvalue weighted by Gasteiger charge is -2.12. The van der Waals surface area contributed by atoms with Crippen LogP contribution >= 0.6 is 0 Å². The fourth-order valence-electron chi connectivity index (χ4n) is 1.23. The molecule has 0 atom stereocenters. The largest absolute Gasteiger partial charge is 0.491 e. The Labute approximate surface area is 94.8 Å². The van der Waals surface area contributed by atoms with Crippen molar-refractivity contribution < 1.29 is 27.8 Å². The second-order valence-electron chi connectivity index (χ2n) is 3.14. The summed E-state index contributed by atoms with van der Waals surface area (Å²) in [7, 11) is 0. The molecule has 7 heteroatoms. The second-order valence-corrected chi connectivity index (χ2v) is 3.14. The number of rotatable bonds is 4. The standard InChI is InChI=1S/C10H10F3NO3/c11-10(12,13)8-5-6(17-4-3-15)1-2-7(8)9(14)16/h1-2,5,15H,3-4H2,(H2,14,16). The van der Waals surface area contributed by atoms with Crippen LogP contribution < -0.4 is 10.5 Å². The number of aliphatic hydroxyl groups is 1. The smallest absolute Gasteiger partial charge is 0.417 e. The Bertz CT molecular complexity index is 418. The van der Waals surface area contributed by atoms with Gasteiger partial charge in [-0.05, 0) is 18.2 Å². The number of primary amides is 1. The van der Waals surface area contributed by atoms with E-state index in [2.05, 4.69) is 0 Å². The van der Waals surface area contributed by atoms with Crippen molar-refractivity contribution >= 4 is 5.91 Å². The van der Waals surface area contributed by atoms with Crippen molar-refractivity contribution in [3.05, 3.63) is 29.3 Å². The average Bonchev–Trinajstić information content (AvgIpc) is 2.24. The van der Waals surface area contributed by atoms with Gasteiger partial charge in [-0.2, -0.15) is 13.2 Å². The van der Waals surface area contributed by atoms with Crippen LogP contribution in [0.15, 0.2) is 18.2 Å². The molecule has 4 nitrogen and oxygen atoms in total. The van der Waals surface area contributed by atoms with Gasteiger partial charge in [0.25, 0.3) is 0 Å². The third kappa shape index (κ3) is 3.35. The molecular formula is C10H10F3NO3. The molecule has 0 fully saturated rings. The molecule has 0 saturated carbocycles. The van der Waals surface area contributed by atoms with E-state index in [4.69, 9.17) is 15.6 Å². The van der Waals surface area contributed by atoms with Gasteiger partial charge in [0.15, 0.2) is 0 Å². The molecule has 0 aliphatic carbocycles. The molecule has 0 saturated heterocycles. The molecule has 3 N–H and O–H groups in total. The van der Waals surface area contributed by atoms with Gasteiger partial charge in [-0.15, -0.1) is 0 Å². The van der Waals surface area contributed by atoms with Gasteiger partial charge in [0, 0.05) is 0 Å². The zero-order valence-corrected chi connectivity index (χ0v) is 8.62. The summed E-state index contributed by atoms with van der Waals surface area (Å²) < 4.78 is 42.6. The topological polar surface area (TPSA) is 72.6 Å². The van der Waals surface area contributed by atoms with Gasteiger partial charge in [0.2, 0.25) is 5.91 Å². The minimum atomic E-state index is -4.69. The lowest BCUT2D eigenvalue weighted by molar-refractivity contribution is -0.138. The SMILES string of the molecule is NC(=O)c1ccc(OCCO)cc1C(F)(F)F. The van der Waals surface area contributed by atoms with Gasteiger partial charge in [-0.1, -0.05) is 0 Å². The first kappa shape index (κ1) is 13.3. The molecule has 0 radical (unpaired) electrons. The van der Waals surface area contributed by atoms with Crippen molar-refractivity contribution in [3.8, 4) is 5.75 Å². The highest BCUT2D eigenvalue weighted by Gasteiger charge is 2.35. The normalized spacial score (nSPS) is 11.3. The lowest BCUT2D eigenvalue weighted by Crippen LogP contribution is -2.19. The van der Waals surface area contributed by atoms with Crippen molar-refractivity contribution in [1.29, 1.82) is 0 Å². The highest BCUT2D eigenvalue weighted by molar-refractivity contribution is 5.94. The van der Waals surface area contributed by atoms with Crippen LogP contribution in [0.5, 0.6) is 5.75 Å². The molecule has 0 spiro atoms. The van der Waals surface area contributed by atoms with Gasteiger partial charge in [-0.3, -0.25) is 4.79 Å². The first-order chi connectivity index (χ1) is 7.86. The lowest BCUT2D eigenvalue weighted by atomic mass is 10.1. The Kier molecular flexibility index (Phi) is 3.95. The van der Waals surface area contributed by atoms with Crippen molar-refractivity contribution in [2.75, 3.05) is 13.2 Å². The molecule has 1 aromatic rings. The predicted molar refractivity (Wildman–Crippen MR) is 52.5 cm³/mol. The first-order valence-corrected chi connectivity index (χ1v) is 4.61. The van der Waals surface area contributed by atoms with Crippen LogP contribution in [0.2, 0.25) is 0 Å². The van der Waals surface area contributed by atoms with E-state index in [1.165, 1.54) is 6.07 Å². The molecule has 0 unspecified atom stereocenters. The molecule has 0 heterocycles. The quantitative estimate of drug-likeness (QED) is 0.841. The monoisotopic (exact) mass is 249 g/mol. The van der Waals surface area contributed by atoms with E-state index in [9.17, 15) is 18.0 Å².